The van der Waals surface area contributed by atoms with Gasteiger partial charge in [0, 0.05) is 6.61 Å². The lowest BCUT2D eigenvalue weighted by molar-refractivity contribution is -0.115. The van der Waals surface area contributed by atoms with Crippen LogP contribution in [0.3, 0.4) is 0 Å². The molecule has 24 heavy (non-hydrogen) atoms. The Hall–Kier alpha value is -1.88. The largest absolute Gasteiger partial charge is 0.466 e. The third kappa shape index (κ3) is 5.34. The molecule has 5 nitrogen and oxygen atoms in total. The molecule has 1 aromatic heterocycles. The zero-order chi connectivity index (χ0) is 17.4. The van der Waals surface area contributed by atoms with Crippen LogP contribution in [0.25, 0.3) is 0 Å². The highest BCUT2D eigenvalue weighted by molar-refractivity contribution is 5.21. The normalized spacial score (nSPS) is 14.3. The van der Waals surface area contributed by atoms with Gasteiger partial charge in [-0.15, -0.1) is 0 Å². The summed E-state index contributed by atoms with van der Waals surface area (Å²) in [7, 11) is 0. The van der Waals surface area contributed by atoms with Gasteiger partial charge in [-0.25, -0.2) is 9.67 Å². The van der Waals surface area contributed by atoms with Crippen LogP contribution in [0, 0.1) is 5.41 Å². The van der Waals surface area contributed by atoms with Gasteiger partial charge in [-0.3, -0.25) is 0 Å². The van der Waals surface area contributed by atoms with Crippen LogP contribution < -0.4 is 4.74 Å². The molecule has 0 fully saturated rings. The number of aromatic nitrogens is 3. The van der Waals surface area contributed by atoms with Crippen molar-refractivity contribution in [2.75, 3.05) is 6.61 Å². The fourth-order valence-corrected chi connectivity index (χ4v) is 2.56. The SMILES string of the molecule is CCCCCOC(C(Oc1ccccc1)n1cncn1)C(C)(C)C. The molecule has 2 unspecified atom stereocenters. The minimum atomic E-state index is -0.364. The van der Waals surface area contributed by atoms with Crippen LogP contribution in [-0.2, 0) is 4.74 Å². The van der Waals surface area contributed by atoms with Crippen LogP contribution in [0.2, 0.25) is 0 Å². The highest BCUT2D eigenvalue weighted by atomic mass is 16.6. The van der Waals surface area contributed by atoms with Crippen molar-refractivity contribution in [2.24, 2.45) is 5.41 Å². The molecule has 1 aromatic carbocycles. The third-order valence-electron chi connectivity index (χ3n) is 3.86. The van der Waals surface area contributed by atoms with Crippen molar-refractivity contribution in [1.82, 2.24) is 14.8 Å². The molecule has 0 N–H and O–H groups in total. The first-order chi connectivity index (χ1) is 11.5. The second kappa shape index (κ2) is 8.83. The summed E-state index contributed by atoms with van der Waals surface area (Å²) < 4.78 is 14.2. The lowest BCUT2D eigenvalue weighted by Crippen LogP contribution is -2.41. The van der Waals surface area contributed by atoms with E-state index in [1.807, 2.05) is 30.3 Å². The smallest absolute Gasteiger partial charge is 0.219 e. The van der Waals surface area contributed by atoms with Crippen molar-refractivity contribution in [1.29, 1.82) is 0 Å². The number of hydrogen-bond donors (Lipinski definition) is 0. The summed E-state index contributed by atoms with van der Waals surface area (Å²) in [6.07, 6.45) is 6.10. The molecule has 1 heterocycles. The summed E-state index contributed by atoms with van der Waals surface area (Å²) in [5, 5.41) is 4.29. The van der Waals surface area contributed by atoms with Crippen molar-refractivity contribution in [3.8, 4) is 5.75 Å². The molecule has 0 saturated heterocycles. The topological polar surface area (TPSA) is 49.2 Å². The number of ether oxygens (including phenoxy) is 2. The van der Waals surface area contributed by atoms with E-state index in [2.05, 4.69) is 37.8 Å². The van der Waals surface area contributed by atoms with Crippen molar-refractivity contribution >= 4 is 0 Å². The molecule has 132 valence electrons. The summed E-state index contributed by atoms with van der Waals surface area (Å²) in [5.74, 6) is 0.796. The molecular formula is C19H29N3O2. The summed E-state index contributed by atoms with van der Waals surface area (Å²) in [4.78, 5) is 4.08. The van der Waals surface area contributed by atoms with Gasteiger partial charge in [-0.2, -0.15) is 5.10 Å². The third-order valence-corrected chi connectivity index (χ3v) is 3.86. The maximum absolute atomic E-state index is 6.25. The molecule has 0 spiro atoms. The van der Waals surface area contributed by atoms with E-state index < -0.39 is 0 Å². The van der Waals surface area contributed by atoms with E-state index in [4.69, 9.17) is 9.47 Å². The fourth-order valence-electron chi connectivity index (χ4n) is 2.56. The Labute approximate surface area is 145 Å². The second-order valence-electron chi connectivity index (χ2n) is 7.06. The van der Waals surface area contributed by atoms with Gasteiger partial charge in [-0.05, 0) is 24.0 Å². The Balaban J connectivity index is 2.20. The van der Waals surface area contributed by atoms with E-state index >= 15 is 0 Å². The molecule has 0 bridgehead atoms. The first-order valence-electron chi connectivity index (χ1n) is 8.69. The molecule has 2 aromatic rings. The number of para-hydroxylation sites is 1. The van der Waals surface area contributed by atoms with E-state index in [1.54, 1.807) is 11.0 Å². The molecule has 0 aliphatic carbocycles. The van der Waals surface area contributed by atoms with Gasteiger partial charge in [0.2, 0.25) is 6.23 Å². The molecule has 2 atom stereocenters. The van der Waals surface area contributed by atoms with Crippen molar-refractivity contribution in [3.05, 3.63) is 43.0 Å². The van der Waals surface area contributed by atoms with E-state index in [0.29, 0.717) is 0 Å². The molecule has 0 aliphatic heterocycles. The Kier molecular flexibility index (Phi) is 6.79. The highest BCUT2D eigenvalue weighted by Crippen LogP contribution is 2.33. The number of hydrogen-bond acceptors (Lipinski definition) is 4. The average Bonchev–Trinajstić information content (AvgIpc) is 3.07. The molecular weight excluding hydrogens is 302 g/mol. The van der Waals surface area contributed by atoms with Crippen LogP contribution in [0.4, 0.5) is 0 Å². The predicted molar refractivity (Wildman–Crippen MR) is 94.8 cm³/mol. The minimum absolute atomic E-state index is 0.0996. The zero-order valence-electron chi connectivity index (χ0n) is 15.2. The Morgan fingerprint density at radius 3 is 2.46 bits per heavy atom. The maximum Gasteiger partial charge on any atom is 0.219 e. The summed E-state index contributed by atoms with van der Waals surface area (Å²) >= 11 is 0. The molecule has 5 heteroatoms. The molecule has 0 aliphatic rings. The summed E-state index contributed by atoms with van der Waals surface area (Å²) in [5.41, 5.74) is -0.0996. The van der Waals surface area contributed by atoms with Gasteiger partial charge in [0.05, 0.1) is 0 Å². The average molecular weight is 331 g/mol. The standard InChI is InChI=1S/C19H29N3O2/c1-5-6-10-13-23-17(19(2,3)4)18(22-15-20-14-21-22)24-16-11-8-7-9-12-16/h7-9,11-12,14-15,17-18H,5-6,10,13H2,1-4H3. The van der Waals surface area contributed by atoms with Gasteiger partial charge in [0.1, 0.15) is 24.5 Å². The summed E-state index contributed by atoms with van der Waals surface area (Å²) in [6, 6.07) is 9.78. The summed E-state index contributed by atoms with van der Waals surface area (Å²) in [6.45, 7) is 9.40. The second-order valence-corrected chi connectivity index (χ2v) is 7.06. The zero-order valence-corrected chi connectivity index (χ0v) is 15.2. The lowest BCUT2D eigenvalue weighted by atomic mass is 9.87. The Morgan fingerprint density at radius 2 is 1.88 bits per heavy atom. The molecule has 0 amide bonds. The fraction of sp³-hybridized carbons (Fsp3) is 0.579. The van der Waals surface area contributed by atoms with Crippen LogP contribution >= 0.6 is 0 Å². The quantitative estimate of drug-likeness (QED) is 0.636. The van der Waals surface area contributed by atoms with Gasteiger partial charge < -0.3 is 9.47 Å². The van der Waals surface area contributed by atoms with E-state index in [9.17, 15) is 0 Å². The monoisotopic (exact) mass is 331 g/mol. The number of benzene rings is 1. The lowest BCUT2D eigenvalue weighted by Gasteiger charge is -2.36. The van der Waals surface area contributed by atoms with Crippen LogP contribution in [0.5, 0.6) is 5.75 Å². The predicted octanol–water partition coefficient (Wildman–Crippen LogP) is 4.48. The van der Waals surface area contributed by atoms with Crippen molar-refractivity contribution < 1.29 is 9.47 Å². The van der Waals surface area contributed by atoms with E-state index in [0.717, 1.165) is 18.8 Å². The van der Waals surface area contributed by atoms with E-state index in [1.165, 1.54) is 19.2 Å². The van der Waals surface area contributed by atoms with Crippen LogP contribution in [0.15, 0.2) is 43.0 Å². The number of nitrogens with zero attached hydrogens (tertiary/aromatic N) is 3. The van der Waals surface area contributed by atoms with Gasteiger partial charge in [0.15, 0.2) is 0 Å². The first kappa shape index (κ1) is 18.5. The van der Waals surface area contributed by atoms with Crippen molar-refractivity contribution in [3.63, 3.8) is 0 Å². The van der Waals surface area contributed by atoms with Crippen LogP contribution in [-0.4, -0.2) is 27.5 Å². The van der Waals surface area contributed by atoms with Gasteiger partial charge >= 0.3 is 0 Å². The number of unbranched alkanes of at least 4 members (excludes halogenated alkanes) is 2. The van der Waals surface area contributed by atoms with Crippen LogP contribution in [0.1, 0.15) is 53.2 Å². The molecule has 0 saturated carbocycles. The molecule has 0 radical (unpaired) electrons. The number of rotatable bonds is 9. The van der Waals surface area contributed by atoms with Gasteiger partial charge in [-0.1, -0.05) is 58.7 Å². The Morgan fingerprint density at radius 1 is 1.12 bits per heavy atom. The maximum atomic E-state index is 6.25. The Bertz CT molecular complexity index is 564. The molecule has 2 rings (SSSR count). The minimum Gasteiger partial charge on any atom is -0.466 e. The van der Waals surface area contributed by atoms with Crippen molar-refractivity contribution in [2.45, 2.75) is 59.3 Å². The van der Waals surface area contributed by atoms with E-state index in [-0.39, 0.29) is 17.7 Å². The van der Waals surface area contributed by atoms with Gasteiger partial charge in [0.25, 0.3) is 0 Å². The highest BCUT2D eigenvalue weighted by Gasteiger charge is 2.36. The first-order valence-corrected chi connectivity index (χ1v) is 8.69.